The van der Waals surface area contributed by atoms with Gasteiger partial charge in [-0.25, -0.2) is 4.39 Å². The quantitative estimate of drug-likeness (QED) is 0.409. The van der Waals surface area contributed by atoms with E-state index in [1.54, 1.807) is 18.2 Å². The molecule has 1 atom stereocenters. The van der Waals surface area contributed by atoms with Crippen molar-refractivity contribution in [2.24, 2.45) is 0 Å². The molecule has 32 heavy (non-hydrogen) atoms. The van der Waals surface area contributed by atoms with Gasteiger partial charge >= 0.3 is 0 Å². The number of thiocarbonyl (C=S) groups is 1. The molecule has 2 aromatic rings. The first-order chi connectivity index (χ1) is 15.0. The van der Waals surface area contributed by atoms with Crippen LogP contribution >= 0.6 is 12.2 Å². The van der Waals surface area contributed by atoms with E-state index in [-0.39, 0.29) is 27.7 Å². The van der Waals surface area contributed by atoms with E-state index in [0.717, 1.165) is 23.2 Å². The molecule has 4 rings (SSSR count). The predicted octanol–water partition coefficient (Wildman–Crippen LogP) is 4.69. The maximum atomic E-state index is 15.1. The van der Waals surface area contributed by atoms with Crippen molar-refractivity contribution in [3.05, 3.63) is 64.5 Å². The van der Waals surface area contributed by atoms with Crippen LogP contribution < -0.4 is 15.1 Å². The van der Waals surface area contributed by atoms with E-state index in [1.807, 2.05) is 26.1 Å². The summed E-state index contributed by atoms with van der Waals surface area (Å²) in [5.74, 6) is -1.48. The zero-order chi connectivity index (χ0) is 23.4. The summed E-state index contributed by atoms with van der Waals surface area (Å²) in [6.07, 6.45) is 2.23. The molecule has 0 spiro atoms. The van der Waals surface area contributed by atoms with Crippen molar-refractivity contribution in [1.29, 1.82) is 0 Å². The van der Waals surface area contributed by atoms with E-state index in [1.165, 1.54) is 17.0 Å². The van der Waals surface area contributed by atoms with Gasteiger partial charge < -0.3 is 4.90 Å². The Kier molecular flexibility index (Phi) is 5.41. The molecule has 2 amide bonds. The number of nitrogens with one attached hydrogen (secondary N) is 1. The minimum atomic E-state index is -0.632. The number of nitrogens with zero attached hydrogens (tertiary/aromatic N) is 2. The second-order valence-electron chi connectivity index (χ2n) is 9.21. The lowest BCUT2D eigenvalue weighted by Crippen LogP contribution is -2.54. The first-order valence-electron chi connectivity index (χ1n) is 10.5. The van der Waals surface area contributed by atoms with Crippen LogP contribution in [0.15, 0.2) is 42.0 Å². The highest BCUT2D eigenvalue weighted by molar-refractivity contribution is 7.80. The van der Waals surface area contributed by atoms with Gasteiger partial charge in [-0.15, -0.1) is 0 Å². The lowest BCUT2D eigenvalue weighted by atomic mass is 9.80. The fourth-order valence-electron chi connectivity index (χ4n) is 4.53. The Hall–Kier alpha value is -3.06. The van der Waals surface area contributed by atoms with Gasteiger partial charge in [0.25, 0.3) is 11.8 Å². The molecule has 2 aliphatic heterocycles. The molecule has 166 valence electrons. The van der Waals surface area contributed by atoms with Gasteiger partial charge in [0.05, 0.1) is 5.69 Å². The molecule has 0 aliphatic carbocycles. The number of amides is 2. The third-order valence-corrected chi connectivity index (χ3v) is 6.70. The Morgan fingerprint density at radius 2 is 1.94 bits per heavy atom. The second kappa shape index (κ2) is 7.81. The number of benzene rings is 2. The van der Waals surface area contributed by atoms with Gasteiger partial charge in [-0.1, -0.05) is 19.1 Å². The first-order valence-corrected chi connectivity index (χ1v) is 11.0. The maximum Gasteiger partial charge on any atom is 0.270 e. The summed E-state index contributed by atoms with van der Waals surface area (Å²) in [4.78, 5) is 29.2. The maximum absolute atomic E-state index is 15.1. The average Bonchev–Trinajstić information content (AvgIpc) is 2.69. The zero-order valence-electron chi connectivity index (χ0n) is 18.8. The summed E-state index contributed by atoms with van der Waals surface area (Å²) in [5.41, 5.74) is 3.28. The van der Waals surface area contributed by atoms with Gasteiger partial charge in [0.15, 0.2) is 5.11 Å². The number of halogens is 1. The van der Waals surface area contributed by atoms with Gasteiger partial charge in [-0.05, 0) is 86.8 Å². The van der Waals surface area contributed by atoms with Crippen LogP contribution in [0.5, 0.6) is 0 Å². The van der Waals surface area contributed by atoms with E-state index in [0.29, 0.717) is 5.69 Å². The van der Waals surface area contributed by atoms with Crippen LogP contribution in [0, 0.1) is 12.7 Å². The predicted molar refractivity (Wildman–Crippen MR) is 129 cm³/mol. The van der Waals surface area contributed by atoms with Crippen molar-refractivity contribution < 1.29 is 14.0 Å². The molecule has 0 aromatic heterocycles. The van der Waals surface area contributed by atoms with E-state index < -0.39 is 17.6 Å². The summed E-state index contributed by atoms with van der Waals surface area (Å²) in [7, 11) is 1.96. The number of rotatable bonds is 2. The molecule has 1 unspecified atom stereocenters. The number of aryl methyl sites for hydroxylation is 1. The molecule has 2 heterocycles. The van der Waals surface area contributed by atoms with Crippen molar-refractivity contribution in [1.82, 2.24) is 5.32 Å². The lowest BCUT2D eigenvalue weighted by molar-refractivity contribution is -0.122. The van der Waals surface area contributed by atoms with Crippen molar-refractivity contribution >= 4 is 46.6 Å². The number of anilines is 2. The standard InChI is InChI=1S/C25H26FN3O2S/c1-14-7-6-8-17(9-14)29-23(31)19(22(30)27-24(29)32)11-16-10-18-15(2)13-25(3,4)28(5)21(18)12-20(16)26/h6-12,15H,13H2,1-5H3,(H,27,30,32)/b19-11-. The van der Waals surface area contributed by atoms with Crippen molar-refractivity contribution in [3.8, 4) is 0 Å². The molecule has 0 bridgehead atoms. The molecule has 7 heteroatoms. The lowest BCUT2D eigenvalue weighted by Gasteiger charge is -2.45. The van der Waals surface area contributed by atoms with Gasteiger partial charge in [0, 0.05) is 23.8 Å². The third-order valence-electron chi connectivity index (χ3n) is 6.41. The molecular formula is C25H26FN3O2S. The molecule has 1 fully saturated rings. The van der Waals surface area contributed by atoms with Crippen molar-refractivity contribution in [3.63, 3.8) is 0 Å². The second-order valence-corrected chi connectivity index (χ2v) is 9.59. The monoisotopic (exact) mass is 451 g/mol. The summed E-state index contributed by atoms with van der Waals surface area (Å²) in [6, 6.07) is 10.5. The molecule has 2 aromatic carbocycles. The Morgan fingerprint density at radius 3 is 2.62 bits per heavy atom. The van der Waals surface area contributed by atoms with Gasteiger partial charge in [-0.3, -0.25) is 19.8 Å². The smallest absolute Gasteiger partial charge is 0.270 e. The summed E-state index contributed by atoms with van der Waals surface area (Å²) >= 11 is 5.25. The van der Waals surface area contributed by atoms with Crippen LogP contribution in [0.4, 0.5) is 15.8 Å². The minimum absolute atomic E-state index is 0.00569. The van der Waals surface area contributed by atoms with Gasteiger partial charge in [0.1, 0.15) is 11.4 Å². The Morgan fingerprint density at radius 1 is 1.22 bits per heavy atom. The van der Waals surface area contributed by atoms with Crippen LogP contribution in [-0.2, 0) is 9.59 Å². The van der Waals surface area contributed by atoms with E-state index >= 15 is 4.39 Å². The summed E-state index contributed by atoms with van der Waals surface area (Å²) in [5, 5.41) is 2.56. The molecular weight excluding hydrogens is 425 g/mol. The largest absolute Gasteiger partial charge is 0.369 e. The zero-order valence-corrected chi connectivity index (χ0v) is 19.6. The van der Waals surface area contributed by atoms with Crippen LogP contribution in [0.25, 0.3) is 6.08 Å². The highest BCUT2D eigenvalue weighted by Crippen LogP contribution is 2.43. The van der Waals surface area contributed by atoms with E-state index in [4.69, 9.17) is 12.2 Å². The molecule has 2 aliphatic rings. The molecule has 5 nitrogen and oxygen atoms in total. The average molecular weight is 452 g/mol. The molecule has 1 saturated heterocycles. The Bertz CT molecular complexity index is 1190. The topological polar surface area (TPSA) is 52.7 Å². The number of carbonyl (C=O) groups is 2. The van der Waals surface area contributed by atoms with Gasteiger partial charge in [-0.2, -0.15) is 0 Å². The Balaban J connectivity index is 1.78. The van der Waals surface area contributed by atoms with E-state index in [9.17, 15) is 9.59 Å². The number of carbonyl (C=O) groups excluding carboxylic acids is 2. The fourth-order valence-corrected chi connectivity index (χ4v) is 4.81. The minimum Gasteiger partial charge on any atom is -0.369 e. The summed E-state index contributed by atoms with van der Waals surface area (Å²) in [6.45, 7) is 8.28. The van der Waals surface area contributed by atoms with Crippen LogP contribution in [0.3, 0.4) is 0 Å². The third kappa shape index (κ3) is 3.71. The molecule has 0 radical (unpaired) electrons. The normalized spacial score (nSPS) is 21.6. The fraction of sp³-hybridized carbons (Fsp3) is 0.320. The highest BCUT2D eigenvalue weighted by atomic mass is 32.1. The van der Waals surface area contributed by atoms with Crippen LogP contribution in [0.2, 0.25) is 0 Å². The number of hydrogen-bond donors (Lipinski definition) is 1. The van der Waals surface area contributed by atoms with Crippen molar-refractivity contribution in [2.75, 3.05) is 16.8 Å². The number of hydrogen-bond acceptors (Lipinski definition) is 4. The highest BCUT2D eigenvalue weighted by Gasteiger charge is 2.37. The summed E-state index contributed by atoms with van der Waals surface area (Å²) < 4.78 is 15.1. The SMILES string of the molecule is Cc1cccc(N2C(=O)/C(=C\c3cc4c(cc3F)N(C)C(C)(C)CC4C)C(=O)NC2=S)c1. The molecule has 0 saturated carbocycles. The number of fused-ring (bicyclic) bond motifs is 1. The van der Waals surface area contributed by atoms with Crippen LogP contribution in [0.1, 0.15) is 49.8 Å². The van der Waals surface area contributed by atoms with Gasteiger partial charge in [0.2, 0.25) is 0 Å². The van der Waals surface area contributed by atoms with Crippen molar-refractivity contribution in [2.45, 2.75) is 45.6 Å². The Labute approximate surface area is 192 Å². The van der Waals surface area contributed by atoms with Crippen LogP contribution in [-0.4, -0.2) is 29.5 Å². The first kappa shape index (κ1) is 22.1. The van der Waals surface area contributed by atoms with E-state index in [2.05, 4.69) is 31.0 Å². The molecule has 1 N–H and O–H groups in total.